The molecule has 78 valence electrons. The molecule has 1 unspecified atom stereocenters. The number of hydrogen-bond donors (Lipinski definition) is 1. The molecule has 0 spiro atoms. The van der Waals surface area contributed by atoms with Gasteiger partial charge in [-0.3, -0.25) is 9.38 Å². The Balaban J connectivity index is 2.17. The third-order valence-electron chi connectivity index (χ3n) is 2.88. The molecule has 3 rings (SSSR count). The molecule has 1 atom stereocenters. The van der Waals surface area contributed by atoms with Gasteiger partial charge in [0.25, 0.3) is 0 Å². The first-order chi connectivity index (χ1) is 7.36. The monoisotopic (exact) mass is 266 g/mol. The maximum atomic E-state index is 4.57. The average Bonchev–Trinajstić information content (AvgIpc) is 2.87. The van der Waals surface area contributed by atoms with Gasteiger partial charge in [-0.05, 0) is 28.9 Å². The van der Waals surface area contributed by atoms with Crippen LogP contribution in [-0.4, -0.2) is 27.5 Å². The van der Waals surface area contributed by atoms with E-state index in [4.69, 9.17) is 0 Å². The first kappa shape index (κ1) is 9.30. The van der Waals surface area contributed by atoms with Gasteiger partial charge >= 0.3 is 0 Å². The molecule has 15 heavy (non-hydrogen) atoms. The largest absolute Gasteiger partial charge is 0.316 e. The maximum absolute atomic E-state index is 4.57. The molecule has 1 N–H and O–H groups in total. The Hall–Kier alpha value is -0.940. The van der Waals surface area contributed by atoms with Crippen molar-refractivity contribution in [2.24, 2.45) is 0 Å². The smallest absolute Gasteiger partial charge is 0.182 e. The highest BCUT2D eigenvalue weighted by atomic mass is 79.9. The first-order valence-electron chi connectivity index (χ1n) is 5.04. The molecule has 0 saturated carbocycles. The molecule has 0 radical (unpaired) electrons. The molecule has 0 aromatic carbocycles. The summed E-state index contributed by atoms with van der Waals surface area (Å²) in [4.78, 5) is 8.73. The second-order valence-electron chi connectivity index (χ2n) is 3.79. The maximum Gasteiger partial charge on any atom is 0.182 e. The summed E-state index contributed by atoms with van der Waals surface area (Å²) in [5.41, 5.74) is 2.26. The van der Waals surface area contributed by atoms with Gasteiger partial charge in [0.05, 0.1) is 17.4 Å². The first-order valence-corrected chi connectivity index (χ1v) is 5.84. The SMILES string of the molecule is Brc1nc(C2CCNC2)c2cnccn12. The molecule has 0 bridgehead atoms. The minimum Gasteiger partial charge on any atom is -0.316 e. The molecule has 1 aliphatic heterocycles. The Bertz CT molecular complexity index is 487. The zero-order valence-electron chi connectivity index (χ0n) is 8.15. The van der Waals surface area contributed by atoms with Crippen molar-refractivity contribution in [3.05, 3.63) is 29.0 Å². The van der Waals surface area contributed by atoms with Gasteiger partial charge in [0, 0.05) is 24.9 Å². The van der Waals surface area contributed by atoms with E-state index in [0.29, 0.717) is 5.92 Å². The predicted octanol–water partition coefficient (Wildman–Crippen LogP) is 1.57. The highest BCUT2D eigenvalue weighted by Gasteiger charge is 2.22. The van der Waals surface area contributed by atoms with Crippen LogP contribution in [0.15, 0.2) is 23.3 Å². The van der Waals surface area contributed by atoms with Crippen LogP contribution in [0, 0.1) is 0 Å². The van der Waals surface area contributed by atoms with Gasteiger partial charge in [0.15, 0.2) is 4.73 Å². The van der Waals surface area contributed by atoms with Gasteiger partial charge in [0.2, 0.25) is 0 Å². The molecule has 2 aromatic heterocycles. The zero-order chi connectivity index (χ0) is 10.3. The van der Waals surface area contributed by atoms with Crippen molar-refractivity contribution >= 4 is 21.4 Å². The van der Waals surface area contributed by atoms with E-state index in [-0.39, 0.29) is 0 Å². The number of nitrogens with one attached hydrogen (secondary N) is 1. The molecule has 1 aliphatic rings. The topological polar surface area (TPSA) is 42.2 Å². The Morgan fingerprint density at radius 1 is 1.53 bits per heavy atom. The van der Waals surface area contributed by atoms with Crippen LogP contribution in [0.5, 0.6) is 0 Å². The van der Waals surface area contributed by atoms with Crippen molar-refractivity contribution in [1.29, 1.82) is 0 Å². The Morgan fingerprint density at radius 2 is 2.47 bits per heavy atom. The lowest BCUT2D eigenvalue weighted by atomic mass is 10.0. The summed E-state index contributed by atoms with van der Waals surface area (Å²) >= 11 is 3.47. The van der Waals surface area contributed by atoms with Crippen LogP contribution in [-0.2, 0) is 0 Å². The molecule has 3 heterocycles. The summed E-state index contributed by atoms with van der Waals surface area (Å²) < 4.78 is 2.89. The van der Waals surface area contributed by atoms with Crippen LogP contribution in [0.2, 0.25) is 0 Å². The third-order valence-corrected chi connectivity index (χ3v) is 3.44. The molecular weight excluding hydrogens is 256 g/mol. The summed E-state index contributed by atoms with van der Waals surface area (Å²) in [5, 5.41) is 3.36. The van der Waals surface area contributed by atoms with E-state index >= 15 is 0 Å². The van der Waals surface area contributed by atoms with Crippen LogP contribution in [0.3, 0.4) is 0 Å². The van der Waals surface area contributed by atoms with Gasteiger partial charge in [-0.15, -0.1) is 0 Å². The fraction of sp³-hybridized carbons (Fsp3) is 0.400. The molecule has 1 fully saturated rings. The van der Waals surface area contributed by atoms with Crippen LogP contribution in [0.4, 0.5) is 0 Å². The fourth-order valence-corrected chi connectivity index (χ4v) is 2.61. The van der Waals surface area contributed by atoms with E-state index in [9.17, 15) is 0 Å². The summed E-state index contributed by atoms with van der Waals surface area (Å²) in [6.07, 6.45) is 6.74. The normalized spacial score (nSPS) is 21.3. The number of hydrogen-bond acceptors (Lipinski definition) is 3. The minimum atomic E-state index is 0.524. The lowest BCUT2D eigenvalue weighted by Gasteiger charge is -2.04. The number of fused-ring (bicyclic) bond motifs is 1. The Kier molecular flexibility index (Phi) is 2.21. The van der Waals surface area contributed by atoms with Crippen LogP contribution in [0.25, 0.3) is 5.52 Å². The number of halogens is 1. The number of imidazole rings is 1. The van der Waals surface area contributed by atoms with Crippen molar-refractivity contribution in [3.63, 3.8) is 0 Å². The summed E-state index contributed by atoms with van der Waals surface area (Å²) in [6.45, 7) is 2.11. The van der Waals surface area contributed by atoms with Crippen molar-refractivity contribution in [2.45, 2.75) is 12.3 Å². The average molecular weight is 267 g/mol. The number of nitrogens with zero attached hydrogens (tertiary/aromatic N) is 3. The van der Waals surface area contributed by atoms with Gasteiger partial charge in [-0.1, -0.05) is 0 Å². The second kappa shape index (κ2) is 3.57. The fourth-order valence-electron chi connectivity index (χ4n) is 2.11. The zero-order valence-corrected chi connectivity index (χ0v) is 9.74. The summed E-state index contributed by atoms with van der Waals surface area (Å²) in [6, 6.07) is 0. The third kappa shape index (κ3) is 1.46. The molecule has 1 saturated heterocycles. The van der Waals surface area contributed by atoms with E-state index in [1.807, 2.05) is 16.8 Å². The van der Waals surface area contributed by atoms with Gasteiger partial charge < -0.3 is 5.32 Å². The van der Waals surface area contributed by atoms with E-state index in [1.165, 1.54) is 0 Å². The van der Waals surface area contributed by atoms with Crippen molar-refractivity contribution < 1.29 is 0 Å². The molecule has 0 aliphatic carbocycles. The molecule has 2 aromatic rings. The quantitative estimate of drug-likeness (QED) is 0.852. The lowest BCUT2D eigenvalue weighted by molar-refractivity contribution is 0.745. The van der Waals surface area contributed by atoms with Gasteiger partial charge in [-0.25, -0.2) is 4.98 Å². The second-order valence-corrected chi connectivity index (χ2v) is 4.50. The van der Waals surface area contributed by atoms with Crippen molar-refractivity contribution in [1.82, 2.24) is 19.7 Å². The highest BCUT2D eigenvalue weighted by molar-refractivity contribution is 9.10. The Labute approximate surface area is 95.9 Å². The molecule has 4 nitrogen and oxygen atoms in total. The number of aromatic nitrogens is 3. The lowest BCUT2D eigenvalue weighted by Crippen LogP contribution is -2.08. The van der Waals surface area contributed by atoms with E-state index in [1.54, 1.807) is 6.20 Å². The van der Waals surface area contributed by atoms with E-state index < -0.39 is 0 Å². The number of rotatable bonds is 1. The van der Waals surface area contributed by atoms with Crippen LogP contribution >= 0.6 is 15.9 Å². The summed E-state index contributed by atoms with van der Waals surface area (Å²) in [7, 11) is 0. The highest BCUT2D eigenvalue weighted by Crippen LogP contribution is 2.27. The van der Waals surface area contributed by atoms with Crippen molar-refractivity contribution in [3.8, 4) is 0 Å². The van der Waals surface area contributed by atoms with Crippen molar-refractivity contribution in [2.75, 3.05) is 13.1 Å². The molecule has 5 heteroatoms. The molecule has 0 amide bonds. The van der Waals surface area contributed by atoms with E-state index in [0.717, 1.165) is 35.5 Å². The van der Waals surface area contributed by atoms with E-state index in [2.05, 4.69) is 31.2 Å². The Morgan fingerprint density at radius 3 is 3.27 bits per heavy atom. The van der Waals surface area contributed by atoms with Gasteiger partial charge in [-0.2, -0.15) is 0 Å². The van der Waals surface area contributed by atoms with Gasteiger partial charge in [0.1, 0.15) is 0 Å². The standard InChI is InChI=1S/C10H11BrN4/c11-10-14-9(7-1-2-12-5-7)8-6-13-3-4-15(8)10/h3-4,6-7,12H,1-2,5H2. The van der Waals surface area contributed by atoms with Crippen LogP contribution in [0.1, 0.15) is 18.0 Å². The molecular formula is C10H11BrN4. The predicted molar refractivity (Wildman–Crippen MR) is 60.9 cm³/mol. The minimum absolute atomic E-state index is 0.524. The van der Waals surface area contributed by atoms with Crippen LogP contribution < -0.4 is 5.32 Å². The summed E-state index contributed by atoms with van der Waals surface area (Å²) in [5.74, 6) is 0.524.